The van der Waals surface area contributed by atoms with Crippen LogP contribution in [0.1, 0.15) is 45.8 Å². The Balaban J connectivity index is 0.00000324. The van der Waals surface area contributed by atoms with E-state index >= 15 is 0 Å². The maximum absolute atomic E-state index is 5.21. The quantitative estimate of drug-likeness (QED) is 0.475. The van der Waals surface area contributed by atoms with Crippen molar-refractivity contribution in [3.63, 3.8) is 0 Å². The van der Waals surface area contributed by atoms with Gasteiger partial charge in [-0.25, -0.2) is 0 Å². The van der Waals surface area contributed by atoms with E-state index in [0.29, 0.717) is 18.3 Å². The van der Waals surface area contributed by atoms with E-state index in [1.165, 1.54) is 0 Å². The summed E-state index contributed by atoms with van der Waals surface area (Å²) in [4.78, 5) is 8.45. The van der Waals surface area contributed by atoms with E-state index in [4.69, 9.17) is 4.52 Å². The summed E-state index contributed by atoms with van der Waals surface area (Å²) in [5.41, 5.74) is -0.118. The van der Waals surface area contributed by atoms with E-state index in [9.17, 15) is 0 Å². The summed E-state index contributed by atoms with van der Waals surface area (Å²) in [5.74, 6) is 2.04. The second-order valence-electron chi connectivity index (χ2n) is 5.12. The molecule has 19 heavy (non-hydrogen) atoms. The molecule has 0 fully saturated rings. The van der Waals surface area contributed by atoms with Crippen LogP contribution in [0.4, 0.5) is 0 Å². The molecule has 7 heteroatoms. The molecular weight excluding hydrogens is 357 g/mol. The van der Waals surface area contributed by atoms with Gasteiger partial charge in [0.2, 0.25) is 5.89 Å². The van der Waals surface area contributed by atoms with Crippen LogP contribution in [0.2, 0.25) is 0 Å². The predicted molar refractivity (Wildman–Crippen MR) is 86.9 cm³/mol. The van der Waals surface area contributed by atoms with Gasteiger partial charge in [0.25, 0.3) is 0 Å². The monoisotopic (exact) mass is 381 g/mol. The van der Waals surface area contributed by atoms with Crippen molar-refractivity contribution in [2.45, 2.75) is 46.1 Å². The Morgan fingerprint density at radius 1 is 1.32 bits per heavy atom. The van der Waals surface area contributed by atoms with Crippen molar-refractivity contribution < 1.29 is 4.52 Å². The Labute approximate surface area is 131 Å². The normalized spacial score (nSPS) is 11.9. The molecular formula is C12H24IN5O. The number of nitrogens with zero attached hydrogens (tertiary/aromatic N) is 3. The van der Waals surface area contributed by atoms with Gasteiger partial charge in [0.1, 0.15) is 0 Å². The molecule has 0 amide bonds. The van der Waals surface area contributed by atoms with Crippen LogP contribution >= 0.6 is 24.0 Å². The highest BCUT2D eigenvalue weighted by molar-refractivity contribution is 14.0. The van der Waals surface area contributed by atoms with Crippen molar-refractivity contribution in [3.8, 4) is 0 Å². The van der Waals surface area contributed by atoms with Crippen molar-refractivity contribution in [1.29, 1.82) is 0 Å². The van der Waals surface area contributed by atoms with Gasteiger partial charge >= 0.3 is 0 Å². The number of guanidine groups is 1. The standard InChI is InChI=1S/C12H23N5O.HI/c1-6-7-14-11(13-5)15-8-9-16-10(18-17-9)12(2,3)4;/h6-8H2,1-5H3,(H2,13,14,15);1H. The Morgan fingerprint density at radius 2 is 2.00 bits per heavy atom. The first kappa shape index (κ1) is 18.1. The summed E-state index contributed by atoms with van der Waals surface area (Å²) in [7, 11) is 1.74. The van der Waals surface area contributed by atoms with Crippen molar-refractivity contribution in [2.75, 3.05) is 13.6 Å². The SMILES string of the molecule is CCCNC(=NC)NCc1noc(C(C)(C)C)n1.I. The third-order valence-corrected chi connectivity index (χ3v) is 2.29. The van der Waals surface area contributed by atoms with Gasteiger partial charge in [0.15, 0.2) is 11.8 Å². The van der Waals surface area contributed by atoms with Crippen LogP contribution in [0.5, 0.6) is 0 Å². The lowest BCUT2D eigenvalue weighted by Gasteiger charge is -2.10. The lowest BCUT2D eigenvalue weighted by Crippen LogP contribution is -2.37. The molecule has 1 heterocycles. The average molecular weight is 381 g/mol. The van der Waals surface area contributed by atoms with Crippen molar-refractivity contribution >= 4 is 29.9 Å². The van der Waals surface area contributed by atoms with Crippen LogP contribution in [-0.2, 0) is 12.0 Å². The van der Waals surface area contributed by atoms with E-state index in [1.807, 2.05) is 20.8 Å². The van der Waals surface area contributed by atoms with Crippen molar-refractivity contribution in [1.82, 2.24) is 20.8 Å². The lowest BCUT2D eigenvalue weighted by molar-refractivity contribution is 0.318. The van der Waals surface area contributed by atoms with E-state index in [1.54, 1.807) is 7.05 Å². The molecule has 6 nitrogen and oxygen atoms in total. The van der Waals surface area contributed by atoms with Crippen LogP contribution in [0.3, 0.4) is 0 Å². The minimum absolute atomic E-state index is 0. The minimum Gasteiger partial charge on any atom is -0.356 e. The smallest absolute Gasteiger partial charge is 0.232 e. The van der Waals surface area contributed by atoms with Gasteiger partial charge in [-0.2, -0.15) is 4.98 Å². The summed E-state index contributed by atoms with van der Waals surface area (Å²) in [6.07, 6.45) is 1.05. The molecule has 0 radical (unpaired) electrons. The summed E-state index contributed by atoms with van der Waals surface area (Å²) < 4.78 is 5.21. The Morgan fingerprint density at radius 3 is 2.47 bits per heavy atom. The van der Waals surface area contributed by atoms with Gasteiger partial charge in [-0.3, -0.25) is 4.99 Å². The highest BCUT2D eigenvalue weighted by Gasteiger charge is 2.21. The summed E-state index contributed by atoms with van der Waals surface area (Å²) >= 11 is 0. The number of hydrogen-bond acceptors (Lipinski definition) is 4. The molecule has 0 aliphatic rings. The zero-order chi connectivity index (χ0) is 13.6. The zero-order valence-corrected chi connectivity index (χ0v) is 14.6. The average Bonchev–Trinajstić information content (AvgIpc) is 2.78. The first-order valence-electron chi connectivity index (χ1n) is 6.25. The largest absolute Gasteiger partial charge is 0.356 e. The molecule has 0 aliphatic carbocycles. The lowest BCUT2D eigenvalue weighted by atomic mass is 9.97. The van der Waals surface area contributed by atoms with Crippen LogP contribution in [0.15, 0.2) is 9.52 Å². The molecule has 0 saturated heterocycles. The van der Waals surface area contributed by atoms with E-state index in [-0.39, 0.29) is 29.4 Å². The highest BCUT2D eigenvalue weighted by atomic mass is 127. The van der Waals surface area contributed by atoms with Crippen molar-refractivity contribution in [3.05, 3.63) is 11.7 Å². The molecule has 110 valence electrons. The molecule has 2 N–H and O–H groups in total. The van der Waals surface area contributed by atoms with Crippen LogP contribution in [0, 0.1) is 0 Å². The van der Waals surface area contributed by atoms with Gasteiger partial charge in [-0.15, -0.1) is 24.0 Å². The number of aliphatic imine (C=N–C) groups is 1. The molecule has 0 bridgehead atoms. The molecule has 0 saturated carbocycles. The first-order valence-corrected chi connectivity index (χ1v) is 6.25. The van der Waals surface area contributed by atoms with E-state index in [0.717, 1.165) is 18.9 Å². The minimum atomic E-state index is -0.118. The molecule has 0 unspecified atom stereocenters. The highest BCUT2D eigenvalue weighted by Crippen LogP contribution is 2.19. The van der Waals surface area contributed by atoms with E-state index < -0.39 is 0 Å². The van der Waals surface area contributed by atoms with Gasteiger partial charge in [0.05, 0.1) is 6.54 Å². The number of aromatic nitrogens is 2. The Hall–Kier alpha value is -0.860. The zero-order valence-electron chi connectivity index (χ0n) is 12.3. The fourth-order valence-corrected chi connectivity index (χ4v) is 1.26. The maximum Gasteiger partial charge on any atom is 0.232 e. The van der Waals surface area contributed by atoms with Crippen LogP contribution in [0.25, 0.3) is 0 Å². The molecule has 0 aliphatic heterocycles. The summed E-state index contributed by atoms with van der Waals surface area (Å²) in [6.45, 7) is 9.62. The van der Waals surface area contributed by atoms with Crippen molar-refractivity contribution in [2.24, 2.45) is 4.99 Å². The topological polar surface area (TPSA) is 75.3 Å². The third kappa shape index (κ3) is 6.22. The predicted octanol–water partition coefficient (Wildman–Crippen LogP) is 2.06. The Bertz CT molecular complexity index is 397. The number of rotatable bonds is 4. The van der Waals surface area contributed by atoms with Gasteiger partial charge in [-0.05, 0) is 6.42 Å². The fourth-order valence-electron chi connectivity index (χ4n) is 1.26. The van der Waals surface area contributed by atoms with Gasteiger partial charge < -0.3 is 15.2 Å². The first-order chi connectivity index (χ1) is 8.47. The number of halogens is 1. The Kier molecular flexibility index (Phi) is 7.96. The second kappa shape index (κ2) is 8.34. The molecule has 1 aromatic rings. The number of nitrogens with one attached hydrogen (secondary N) is 2. The molecule has 0 atom stereocenters. The summed E-state index contributed by atoms with van der Waals surface area (Å²) in [5, 5.41) is 10.3. The third-order valence-electron chi connectivity index (χ3n) is 2.29. The molecule has 0 spiro atoms. The fraction of sp³-hybridized carbons (Fsp3) is 0.750. The number of hydrogen-bond donors (Lipinski definition) is 2. The van der Waals surface area contributed by atoms with Crippen LogP contribution in [-0.4, -0.2) is 29.7 Å². The molecule has 1 rings (SSSR count). The van der Waals surface area contributed by atoms with E-state index in [2.05, 4.69) is 32.7 Å². The maximum atomic E-state index is 5.21. The van der Waals surface area contributed by atoms with Crippen LogP contribution < -0.4 is 10.6 Å². The summed E-state index contributed by atoms with van der Waals surface area (Å²) in [6, 6.07) is 0. The molecule has 0 aromatic carbocycles. The molecule has 1 aromatic heterocycles. The van der Waals surface area contributed by atoms with Gasteiger partial charge in [-0.1, -0.05) is 32.9 Å². The second-order valence-corrected chi connectivity index (χ2v) is 5.12. The van der Waals surface area contributed by atoms with Gasteiger partial charge in [0, 0.05) is 19.0 Å².